The van der Waals surface area contributed by atoms with Crippen molar-refractivity contribution in [2.45, 2.75) is 6.04 Å². The van der Waals surface area contributed by atoms with Gasteiger partial charge in [0.1, 0.15) is 5.82 Å². The number of nitrogens with one attached hydrogen (secondary N) is 2. The summed E-state index contributed by atoms with van der Waals surface area (Å²) in [6, 6.07) is 18.8. The molecule has 116 valence electrons. The van der Waals surface area contributed by atoms with E-state index in [0.29, 0.717) is 5.69 Å². The van der Waals surface area contributed by atoms with Gasteiger partial charge >= 0.3 is 6.03 Å². The Morgan fingerprint density at radius 1 is 0.957 bits per heavy atom. The predicted molar refractivity (Wildman–Crippen MR) is 91.2 cm³/mol. The highest BCUT2D eigenvalue weighted by molar-refractivity contribution is 7.10. The summed E-state index contributed by atoms with van der Waals surface area (Å²) in [4.78, 5) is 13.3. The second kappa shape index (κ2) is 7.07. The molecule has 0 spiro atoms. The normalized spacial score (nSPS) is 11.7. The van der Waals surface area contributed by atoms with E-state index in [9.17, 15) is 9.18 Å². The van der Waals surface area contributed by atoms with Crippen LogP contribution < -0.4 is 10.6 Å². The van der Waals surface area contributed by atoms with Crippen LogP contribution >= 0.6 is 11.3 Å². The number of halogens is 1. The van der Waals surface area contributed by atoms with Gasteiger partial charge in [-0.15, -0.1) is 11.3 Å². The van der Waals surface area contributed by atoms with E-state index in [2.05, 4.69) is 10.6 Å². The molecular weight excluding hydrogens is 311 g/mol. The van der Waals surface area contributed by atoms with Crippen LogP contribution in [0.3, 0.4) is 0 Å². The van der Waals surface area contributed by atoms with Crippen molar-refractivity contribution in [3.8, 4) is 0 Å². The fourth-order valence-corrected chi connectivity index (χ4v) is 3.05. The number of anilines is 1. The van der Waals surface area contributed by atoms with Crippen LogP contribution in [-0.2, 0) is 0 Å². The largest absolute Gasteiger partial charge is 0.326 e. The Hall–Kier alpha value is -2.66. The zero-order valence-corrected chi connectivity index (χ0v) is 13.0. The molecule has 5 heteroatoms. The Morgan fingerprint density at radius 3 is 2.35 bits per heavy atom. The standard InChI is InChI=1S/C18H15FN2OS/c19-14-8-10-15(11-9-14)20-18(22)21-17(16-7-4-12-23-16)13-5-2-1-3-6-13/h1-12,17H,(H2,20,21,22)/t17-/m1/s1. The smallest absolute Gasteiger partial charge is 0.320 e. The average Bonchev–Trinajstić information content (AvgIpc) is 3.10. The zero-order chi connectivity index (χ0) is 16.1. The maximum absolute atomic E-state index is 12.9. The van der Waals surface area contributed by atoms with Crippen molar-refractivity contribution in [2.24, 2.45) is 0 Å². The average molecular weight is 326 g/mol. The molecule has 0 aliphatic heterocycles. The molecule has 2 N–H and O–H groups in total. The molecule has 2 aromatic carbocycles. The SMILES string of the molecule is O=C(Nc1ccc(F)cc1)N[C@H](c1ccccc1)c1cccs1. The highest BCUT2D eigenvalue weighted by Crippen LogP contribution is 2.26. The molecule has 0 saturated carbocycles. The van der Waals surface area contributed by atoms with Gasteiger partial charge in [0.15, 0.2) is 0 Å². The number of thiophene rings is 1. The van der Waals surface area contributed by atoms with Crippen molar-refractivity contribution in [3.63, 3.8) is 0 Å². The van der Waals surface area contributed by atoms with Gasteiger partial charge in [0.05, 0.1) is 6.04 Å². The van der Waals surface area contributed by atoms with Gasteiger partial charge in [-0.05, 0) is 41.3 Å². The van der Waals surface area contributed by atoms with Crippen LogP contribution in [-0.4, -0.2) is 6.03 Å². The molecule has 3 rings (SSSR count). The zero-order valence-electron chi connectivity index (χ0n) is 12.2. The molecule has 0 unspecified atom stereocenters. The Kier molecular flexibility index (Phi) is 4.68. The molecule has 1 aromatic heterocycles. The quantitative estimate of drug-likeness (QED) is 0.710. The van der Waals surface area contributed by atoms with E-state index in [0.717, 1.165) is 10.4 Å². The third kappa shape index (κ3) is 3.96. The summed E-state index contributed by atoms with van der Waals surface area (Å²) in [7, 11) is 0. The summed E-state index contributed by atoms with van der Waals surface area (Å²) in [6.07, 6.45) is 0. The van der Waals surface area contributed by atoms with Crippen molar-refractivity contribution in [1.82, 2.24) is 5.32 Å². The van der Waals surface area contributed by atoms with E-state index >= 15 is 0 Å². The second-order valence-corrected chi connectivity index (χ2v) is 5.94. The minimum Gasteiger partial charge on any atom is -0.326 e. The van der Waals surface area contributed by atoms with Crippen molar-refractivity contribution < 1.29 is 9.18 Å². The number of urea groups is 1. The maximum atomic E-state index is 12.9. The van der Waals surface area contributed by atoms with E-state index in [1.165, 1.54) is 24.3 Å². The van der Waals surface area contributed by atoms with Crippen molar-refractivity contribution in [2.75, 3.05) is 5.32 Å². The Labute approximate surface area is 137 Å². The molecule has 1 heterocycles. The van der Waals surface area contributed by atoms with Gasteiger partial charge < -0.3 is 10.6 Å². The fourth-order valence-electron chi connectivity index (χ4n) is 2.25. The summed E-state index contributed by atoms with van der Waals surface area (Å²) < 4.78 is 12.9. The van der Waals surface area contributed by atoms with Gasteiger partial charge in [-0.25, -0.2) is 9.18 Å². The van der Waals surface area contributed by atoms with Crippen molar-refractivity contribution in [3.05, 3.63) is 88.4 Å². The van der Waals surface area contributed by atoms with Crippen LogP contribution in [0.2, 0.25) is 0 Å². The number of rotatable bonds is 4. The van der Waals surface area contributed by atoms with Crippen LogP contribution in [0.25, 0.3) is 0 Å². The molecule has 0 fully saturated rings. The van der Waals surface area contributed by atoms with Crippen LogP contribution in [0.15, 0.2) is 72.1 Å². The highest BCUT2D eigenvalue weighted by Gasteiger charge is 2.17. The second-order valence-electron chi connectivity index (χ2n) is 4.96. The lowest BCUT2D eigenvalue weighted by molar-refractivity contribution is 0.250. The molecule has 3 nitrogen and oxygen atoms in total. The maximum Gasteiger partial charge on any atom is 0.320 e. The summed E-state index contributed by atoms with van der Waals surface area (Å²) in [6.45, 7) is 0. The van der Waals surface area contributed by atoms with Gasteiger partial charge in [-0.1, -0.05) is 36.4 Å². The lowest BCUT2D eigenvalue weighted by Gasteiger charge is -2.18. The van der Waals surface area contributed by atoms with E-state index in [-0.39, 0.29) is 17.9 Å². The molecule has 0 aliphatic rings. The van der Waals surface area contributed by atoms with Crippen LogP contribution in [0.1, 0.15) is 16.5 Å². The number of benzene rings is 2. The minimum atomic E-state index is -0.336. The lowest BCUT2D eigenvalue weighted by atomic mass is 10.1. The minimum absolute atomic E-state index is 0.225. The van der Waals surface area contributed by atoms with E-state index < -0.39 is 0 Å². The number of hydrogen-bond donors (Lipinski definition) is 2. The highest BCUT2D eigenvalue weighted by atomic mass is 32.1. The summed E-state index contributed by atoms with van der Waals surface area (Å²) in [5.74, 6) is -0.336. The van der Waals surface area contributed by atoms with E-state index in [1.807, 2.05) is 47.8 Å². The summed E-state index contributed by atoms with van der Waals surface area (Å²) in [5.41, 5.74) is 1.55. The summed E-state index contributed by atoms with van der Waals surface area (Å²) >= 11 is 1.58. The topological polar surface area (TPSA) is 41.1 Å². The first-order valence-corrected chi connectivity index (χ1v) is 8.02. The summed E-state index contributed by atoms with van der Waals surface area (Å²) in [5, 5.41) is 7.66. The van der Waals surface area contributed by atoms with Gasteiger partial charge in [0.25, 0.3) is 0 Å². The van der Waals surface area contributed by atoms with Gasteiger partial charge in [0, 0.05) is 10.6 Å². The first-order chi connectivity index (χ1) is 11.2. The van der Waals surface area contributed by atoms with E-state index in [4.69, 9.17) is 0 Å². The van der Waals surface area contributed by atoms with Crippen LogP contribution in [0, 0.1) is 5.82 Å². The molecule has 0 bridgehead atoms. The molecule has 3 aromatic rings. The number of carbonyl (C=O) groups is 1. The van der Waals surface area contributed by atoms with Crippen molar-refractivity contribution in [1.29, 1.82) is 0 Å². The van der Waals surface area contributed by atoms with Crippen molar-refractivity contribution >= 4 is 23.1 Å². The van der Waals surface area contributed by atoms with E-state index in [1.54, 1.807) is 11.3 Å². The predicted octanol–water partition coefficient (Wildman–Crippen LogP) is 4.80. The number of carbonyl (C=O) groups excluding carboxylic acids is 1. The fraction of sp³-hybridized carbons (Fsp3) is 0.0556. The first kappa shape index (κ1) is 15.2. The Balaban J connectivity index is 1.76. The first-order valence-electron chi connectivity index (χ1n) is 7.14. The molecule has 0 aliphatic carbocycles. The molecule has 0 saturated heterocycles. The Bertz CT molecular complexity index is 757. The van der Waals surface area contributed by atoms with Gasteiger partial charge in [-0.3, -0.25) is 0 Å². The Morgan fingerprint density at radius 2 is 1.70 bits per heavy atom. The molecule has 0 radical (unpaired) electrons. The third-order valence-corrected chi connectivity index (χ3v) is 4.28. The lowest BCUT2D eigenvalue weighted by Crippen LogP contribution is -2.32. The number of hydrogen-bond acceptors (Lipinski definition) is 2. The van der Waals surface area contributed by atoms with Crippen LogP contribution in [0.4, 0.5) is 14.9 Å². The molecule has 23 heavy (non-hydrogen) atoms. The monoisotopic (exact) mass is 326 g/mol. The third-order valence-electron chi connectivity index (χ3n) is 3.34. The van der Waals surface area contributed by atoms with Gasteiger partial charge in [0.2, 0.25) is 0 Å². The molecule has 1 atom stereocenters. The molecular formula is C18H15FN2OS. The molecule has 2 amide bonds. The van der Waals surface area contributed by atoms with Crippen LogP contribution in [0.5, 0.6) is 0 Å². The van der Waals surface area contributed by atoms with Gasteiger partial charge in [-0.2, -0.15) is 0 Å². The number of amides is 2.